The van der Waals surface area contributed by atoms with E-state index in [1.165, 1.54) is 5.56 Å². The summed E-state index contributed by atoms with van der Waals surface area (Å²) in [5, 5.41) is 5.49. The van der Waals surface area contributed by atoms with E-state index in [9.17, 15) is 9.59 Å². The van der Waals surface area contributed by atoms with Crippen LogP contribution in [0.4, 0.5) is 0 Å². The maximum absolute atomic E-state index is 12.2. The molecule has 2 amide bonds. The molecule has 6 heteroatoms. The highest BCUT2D eigenvalue weighted by atomic mass is 16.5. The SMILES string of the molecule is Cc1cccc(OCC(=O)NCCNC(=O)C(C)Oc2ccc(C(C)C)cc2)c1C. The normalized spacial score (nSPS) is 11.7. The lowest BCUT2D eigenvalue weighted by Crippen LogP contribution is -2.41. The summed E-state index contributed by atoms with van der Waals surface area (Å²) in [7, 11) is 0. The highest BCUT2D eigenvalue weighted by Crippen LogP contribution is 2.20. The van der Waals surface area contributed by atoms with Gasteiger partial charge in [-0.25, -0.2) is 0 Å². The zero-order valence-electron chi connectivity index (χ0n) is 18.5. The predicted octanol–water partition coefficient (Wildman–Crippen LogP) is 3.51. The van der Waals surface area contributed by atoms with E-state index >= 15 is 0 Å². The van der Waals surface area contributed by atoms with Crippen LogP contribution >= 0.6 is 0 Å². The van der Waals surface area contributed by atoms with Crippen LogP contribution in [0.25, 0.3) is 0 Å². The van der Waals surface area contributed by atoms with E-state index in [1.54, 1.807) is 6.92 Å². The number of hydrogen-bond donors (Lipinski definition) is 2. The molecule has 2 aromatic rings. The topological polar surface area (TPSA) is 76.7 Å². The highest BCUT2D eigenvalue weighted by molar-refractivity contribution is 5.81. The van der Waals surface area contributed by atoms with Crippen molar-refractivity contribution in [1.29, 1.82) is 0 Å². The van der Waals surface area contributed by atoms with Gasteiger partial charge in [0, 0.05) is 13.1 Å². The molecule has 0 fully saturated rings. The minimum absolute atomic E-state index is 0.0654. The molecule has 0 heterocycles. The predicted molar refractivity (Wildman–Crippen MR) is 118 cm³/mol. The largest absolute Gasteiger partial charge is 0.483 e. The first-order valence-electron chi connectivity index (χ1n) is 10.3. The minimum atomic E-state index is -0.627. The van der Waals surface area contributed by atoms with Gasteiger partial charge in [0.05, 0.1) is 0 Å². The summed E-state index contributed by atoms with van der Waals surface area (Å²) in [4.78, 5) is 24.1. The van der Waals surface area contributed by atoms with Gasteiger partial charge in [0.15, 0.2) is 12.7 Å². The molecule has 0 aliphatic heterocycles. The smallest absolute Gasteiger partial charge is 0.260 e. The van der Waals surface area contributed by atoms with Gasteiger partial charge in [0.1, 0.15) is 11.5 Å². The first-order chi connectivity index (χ1) is 14.3. The summed E-state index contributed by atoms with van der Waals surface area (Å²) < 4.78 is 11.2. The lowest BCUT2D eigenvalue weighted by atomic mass is 10.0. The lowest BCUT2D eigenvalue weighted by Gasteiger charge is -2.16. The van der Waals surface area contributed by atoms with Crippen molar-refractivity contribution in [2.75, 3.05) is 19.7 Å². The summed E-state index contributed by atoms with van der Waals surface area (Å²) in [6, 6.07) is 13.5. The second-order valence-corrected chi connectivity index (χ2v) is 7.61. The molecule has 1 atom stereocenters. The van der Waals surface area contributed by atoms with Crippen LogP contribution in [0.1, 0.15) is 43.4 Å². The van der Waals surface area contributed by atoms with Crippen molar-refractivity contribution in [3.63, 3.8) is 0 Å². The number of amides is 2. The van der Waals surface area contributed by atoms with Gasteiger partial charge in [0.25, 0.3) is 11.8 Å². The highest BCUT2D eigenvalue weighted by Gasteiger charge is 2.14. The summed E-state index contributed by atoms with van der Waals surface area (Å²) >= 11 is 0. The average Bonchev–Trinajstić information content (AvgIpc) is 2.72. The molecule has 1 unspecified atom stereocenters. The Morgan fingerprint density at radius 1 is 0.933 bits per heavy atom. The van der Waals surface area contributed by atoms with Crippen molar-refractivity contribution < 1.29 is 19.1 Å². The molecule has 30 heavy (non-hydrogen) atoms. The van der Waals surface area contributed by atoms with Gasteiger partial charge in [-0.05, 0) is 61.6 Å². The molecule has 2 aromatic carbocycles. The molecule has 2 N–H and O–H groups in total. The molecule has 0 saturated heterocycles. The number of aryl methyl sites for hydroxylation is 1. The van der Waals surface area contributed by atoms with Crippen molar-refractivity contribution >= 4 is 11.8 Å². The summed E-state index contributed by atoms with van der Waals surface area (Å²) in [5.41, 5.74) is 3.35. The van der Waals surface area contributed by atoms with Crippen molar-refractivity contribution in [2.24, 2.45) is 0 Å². The van der Waals surface area contributed by atoms with Crippen LogP contribution in [0, 0.1) is 13.8 Å². The van der Waals surface area contributed by atoms with Gasteiger partial charge in [0.2, 0.25) is 0 Å². The lowest BCUT2D eigenvalue weighted by molar-refractivity contribution is -0.127. The quantitative estimate of drug-likeness (QED) is 0.586. The Bertz CT molecular complexity index is 847. The van der Waals surface area contributed by atoms with Crippen LogP contribution in [-0.4, -0.2) is 37.6 Å². The Balaban J connectivity index is 1.66. The molecule has 6 nitrogen and oxygen atoms in total. The van der Waals surface area contributed by atoms with Crippen molar-refractivity contribution in [1.82, 2.24) is 10.6 Å². The van der Waals surface area contributed by atoms with E-state index in [1.807, 2.05) is 56.3 Å². The number of carbonyl (C=O) groups excluding carboxylic acids is 2. The molecule has 0 aromatic heterocycles. The molecule has 0 aliphatic carbocycles. The molecule has 0 spiro atoms. The van der Waals surface area contributed by atoms with E-state index < -0.39 is 6.10 Å². The fourth-order valence-corrected chi connectivity index (χ4v) is 2.80. The van der Waals surface area contributed by atoms with Gasteiger partial charge in [-0.3, -0.25) is 9.59 Å². The fraction of sp³-hybridized carbons (Fsp3) is 0.417. The average molecular weight is 413 g/mol. The van der Waals surface area contributed by atoms with Gasteiger partial charge in [-0.15, -0.1) is 0 Å². The third-order valence-corrected chi connectivity index (χ3v) is 4.89. The number of benzene rings is 2. The van der Waals surface area contributed by atoms with Crippen LogP contribution < -0.4 is 20.1 Å². The van der Waals surface area contributed by atoms with Crippen molar-refractivity contribution in [2.45, 2.75) is 46.6 Å². The molecule has 0 aliphatic rings. The van der Waals surface area contributed by atoms with Crippen LogP contribution in [0.3, 0.4) is 0 Å². The second kappa shape index (κ2) is 11.2. The van der Waals surface area contributed by atoms with Crippen molar-refractivity contribution in [3.8, 4) is 11.5 Å². The first kappa shape index (κ1) is 23.3. The van der Waals surface area contributed by atoms with Crippen molar-refractivity contribution in [3.05, 3.63) is 59.2 Å². The zero-order chi connectivity index (χ0) is 22.1. The maximum atomic E-state index is 12.2. The Labute approximate surface area is 179 Å². The molecule has 0 bridgehead atoms. The first-order valence-corrected chi connectivity index (χ1v) is 10.3. The number of hydrogen-bond acceptors (Lipinski definition) is 4. The molecule has 0 saturated carbocycles. The number of rotatable bonds is 10. The summed E-state index contributed by atoms with van der Waals surface area (Å²) in [5.74, 6) is 1.33. The molecule has 2 rings (SSSR count). The summed E-state index contributed by atoms with van der Waals surface area (Å²) in [6.45, 7) is 10.5. The van der Waals surface area contributed by atoms with Crippen LogP contribution in [0.5, 0.6) is 11.5 Å². The Hall–Kier alpha value is -3.02. The number of carbonyl (C=O) groups is 2. The Morgan fingerprint density at radius 2 is 1.60 bits per heavy atom. The maximum Gasteiger partial charge on any atom is 0.260 e. The van der Waals surface area contributed by atoms with E-state index in [4.69, 9.17) is 9.47 Å². The Morgan fingerprint density at radius 3 is 2.27 bits per heavy atom. The van der Waals surface area contributed by atoms with E-state index in [0.29, 0.717) is 30.5 Å². The molecule has 162 valence electrons. The minimum Gasteiger partial charge on any atom is -0.483 e. The monoisotopic (exact) mass is 412 g/mol. The standard InChI is InChI=1S/C24H32N2O4/c1-16(2)20-9-11-21(12-10-20)30-19(5)24(28)26-14-13-25-23(27)15-29-22-8-6-7-17(3)18(22)4/h6-12,16,19H,13-15H2,1-5H3,(H,25,27)(H,26,28). The van der Waals surface area contributed by atoms with E-state index in [0.717, 1.165) is 11.1 Å². The third kappa shape index (κ3) is 7.10. The molecule has 0 radical (unpaired) electrons. The zero-order valence-corrected chi connectivity index (χ0v) is 18.5. The van der Waals surface area contributed by atoms with Crippen LogP contribution in [0.15, 0.2) is 42.5 Å². The Kier molecular flexibility index (Phi) is 8.71. The number of nitrogens with one attached hydrogen (secondary N) is 2. The fourth-order valence-electron chi connectivity index (χ4n) is 2.80. The third-order valence-electron chi connectivity index (χ3n) is 4.89. The van der Waals surface area contributed by atoms with E-state index in [2.05, 4.69) is 24.5 Å². The second-order valence-electron chi connectivity index (χ2n) is 7.61. The molecular weight excluding hydrogens is 380 g/mol. The van der Waals surface area contributed by atoms with Crippen LogP contribution in [-0.2, 0) is 9.59 Å². The number of ether oxygens (including phenoxy) is 2. The van der Waals surface area contributed by atoms with E-state index in [-0.39, 0.29) is 18.4 Å². The molecular formula is C24H32N2O4. The van der Waals surface area contributed by atoms with Gasteiger partial charge < -0.3 is 20.1 Å². The van der Waals surface area contributed by atoms with Gasteiger partial charge in [-0.2, -0.15) is 0 Å². The van der Waals surface area contributed by atoms with Gasteiger partial charge >= 0.3 is 0 Å². The van der Waals surface area contributed by atoms with Crippen LogP contribution in [0.2, 0.25) is 0 Å². The van der Waals surface area contributed by atoms with Gasteiger partial charge in [-0.1, -0.05) is 38.1 Å². The summed E-state index contributed by atoms with van der Waals surface area (Å²) in [6.07, 6.45) is -0.627.